The molecule has 1 aliphatic rings. The summed E-state index contributed by atoms with van der Waals surface area (Å²) in [4.78, 5) is 41.7. The fraction of sp³-hybridized carbons (Fsp3) is 0.269. The van der Waals surface area contributed by atoms with Gasteiger partial charge in [-0.15, -0.1) is 0 Å². The molecule has 0 radical (unpaired) electrons. The van der Waals surface area contributed by atoms with Crippen molar-refractivity contribution in [3.05, 3.63) is 77.9 Å². The van der Waals surface area contributed by atoms with Crippen molar-refractivity contribution in [2.75, 3.05) is 18.5 Å². The van der Waals surface area contributed by atoms with E-state index >= 15 is 0 Å². The van der Waals surface area contributed by atoms with Crippen LogP contribution in [0.2, 0.25) is 0 Å². The van der Waals surface area contributed by atoms with Crippen molar-refractivity contribution in [1.29, 1.82) is 0 Å². The van der Waals surface area contributed by atoms with Gasteiger partial charge in [-0.2, -0.15) is 0 Å². The number of rotatable bonds is 8. The monoisotopic (exact) mass is 429 g/mol. The molecule has 0 bridgehead atoms. The molecule has 1 N–H and O–H groups in total. The third kappa shape index (κ3) is 4.08. The highest BCUT2D eigenvalue weighted by Crippen LogP contribution is 2.37. The van der Waals surface area contributed by atoms with Gasteiger partial charge in [-0.25, -0.2) is 0 Å². The van der Waals surface area contributed by atoms with Crippen LogP contribution >= 0.6 is 0 Å². The van der Waals surface area contributed by atoms with E-state index in [1.54, 1.807) is 23.8 Å². The van der Waals surface area contributed by atoms with E-state index in [1.165, 1.54) is 0 Å². The van der Waals surface area contributed by atoms with Crippen molar-refractivity contribution in [1.82, 2.24) is 10.2 Å². The van der Waals surface area contributed by atoms with Gasteiger partial charge < -0.3 is 15.1 Å². The first-order valence-corrected chi connectivity index (χ1v) is 10.9. The second-order valence-corrected chi connectivity index (χ2v) is 8.04. The number of nitrogens with zero attached hydrogens (tertiary/aromatic N) is 2. The Labute approximate surface area is 187 Å². The Morgan fingerprint density at radius 3 is 2.44 bits per heavy atom. The maximum Gasteiger partial charge on any atom is 0.258 e. The van der Waals surface area contributed by atoms with Crippen LogP contribution in [-0.2, 0) is 16.1 Å². The lowest BCUT2D eigenvalue weighted by molar-refractivity contribution is -0.140. The Morgan fingerprint density at radius 2 is 1.72 bits per heavy atom. The maximum absolute atomic E-state index is 13.1. The Morgan fingerprint density at radius 1 is 1.00 bits per heavy atom. The lowest BCUT2D eigenvalue weighted by Gasteiger charge is -2.28. The summed E-state index contributed by atoms with van der Waals surface area (Å²) in [6.45, 7) is 2.55. The third-order valence-electron chi connectivity index (χ3n) is 6.03. The minimum Gasteiger partial charge on any atom is -0.357 e. The molecule has 1 heterocycles. The van der Waals surface area contributed by atoms with Crippen LogP contribution < -0.4 is 10.2 Å². The van der Waals surface area contributed by atoms with Gasteiger partial charge in [0.05, 0.1) is 5.69 Å². The Kier molecular flexibility index (Phi) is 6.21. The first-order valence-electron chi connectivity index (χ1n) is 10.9. The normalized spacial score (nSPS) is 13.3. The zero-order valence-electron chi connectivity index (χ0n) is 18.4. The average molecular weight is 430 g/mol. The summed E-state index contributed by atoms with van der Waals surface area (Å²) in [5, 5.41) is 4.65. The van der Waals surface area contributed by atoms with E-state index in [9.17, 15) is 14.4 Å². The fourth-order valence-corrected chi connectivity index (χ4v) is 4.30. The molecular formula is C26H27N3O3. The van der Waals surface area contributed by atoms with Gasteiger partial charge in [0.2, 0.25) is 11.8 Å². The lowest BCUT2D eigenvalue weighted by Crippen LogP contribution is -2.46. The van der Waals surface area contributed by atoms with Gasteiger partial charge in [-0.05, 0) is 36.4 Å². The molecule has 164 valence electrons. The van der Waals surface area contributed by atoms with Crippen LogP contribution in [0.1, 0.15) is 35.7 Å². The van der Waals surface area contributed by atoms with Crippen LogP contribution in [0.5, 0.6) is 0 Å². The largest absolute Gasteiger partial charge is 0.357 e. The van der Waals surface area contributed by atoms with Crippen molar-refractivity contribution in [2.45, 2.75) is 32.4 Å². The molecule has 1 atom stereocenters. The van der Waals surface area contributed by atoms with Crippen molar-refractivity contribution >= 4 is 34.2 Å². The zero-order valence-corrected chi connectivity index (χ0v) is 18.4. The molecule has 0 saturated heterocycles. The molecule has 32 heavy (non-hydrogen) atoms. The van der Waals surface area contributed by atoms with Crippen LogP contribution in [0.15, 0.2) is 66.7 Å². The van der Waals surface area contributed by atoms with E-state index in [2.05, 4.69) is 5.32 Å². The van der Waals surface area contributed by atoms with Gasteiger partial charge in [0.25, 0.3) is 5.91 Å². The molecule has 3 aromatic rings. The number of carbonyl (C=O) groups is 3. The number of likely N-dealkylation sites (N-methyl/N-ethyl adjacent to an activating group) is 1. The van der Waals surface area contributed by atoms with Gasteiger partial charge in [0.1, 0.15) is 6.04 Å². The Balaban J connectivity index is 1.45. The van der Waals surface area contributed by atoms with E-state index < -0.39 is 6.04 Å². The summed E-state index contributed by atoms with van der Waals surface area (Å²) in [6, 6.07) is 20.7. The van der Waals surface area contributed by atoms with Gasteiger partial charge in [-0.1, -0.05) is 54.6 Å². The standard InChI is InChI=1S/C26H27N3O3/c1-18(25(31)27-2)29(17-19-9-4-3-5-10-19)23(30)15-8-16-28-22-14-7-12-20-11-6-13-21(24(20)22)26(28)32/h3-7,9-14,18H,8,15-17H2,1-2H3,(H,27,31). The summed E-state index contributed by atoms with van der Waals surface area (Å²) < 4.78 is 0. The maximum atomic E-state index is 13.1. The highest BCUT2D eigenvalue weighted by atomic mass is 16.2. The molecular weight excluding hydrogens is 402 g/mol. The molecule has 3 amide bonds. The SMILES string of the molecule is CNC(=O)C(C)N(Cc1ccccc1)C(=O)CCCN1C(=O)c2cccc3cccc1c23. The molecule has 0 saturated carbocycles. The minimum absolute atomic E-state index is 0.0240. The van der Waals surface area contributed by atoms with Crippen LogP contribution in [0, 0.1) is 0 Å². The molecule has 3 aromatic carbocycles. The third-order valence-corrected chi connectivity index (χ3v) is 6.03. The van der Waals surface area contributed by atoms with Crippen molar-refractivity contribution < 1.29 is 14.4 Å². The molecule has 0 spiro atoms. The van der Waals surface area contributed by atoms with Crippen LogP contribution in [0.3, 0.4) is 0 Å². The first-order chi connectivity index (χ1) is 15.5. The average Bonchev–Trinajstić information content (AvgIpc) is 3.10. The molecule has 1 aliphatic heterocycles. The molecule has 0 fully saturated rings. The molecule has 0 aliphatic carbocycles. The summed E-state index contributed by atoms with van der Waals surface area (Å²) in [6.07, 6.45) is 0.769. The van der Waals surface area contributed by atoms with Crippen LogP contribution in [0.25, 0.3) is 10.8 Å². The smallest absolute Gasteiger partial charge is 0.258 e. The van der Waals surface area contributed by atoms with E-state index in [0.717, 1.165) is 22.0 Å². The van der Waals surface area contributed by atoms with Gasteiger partial charge in [0, 0.05) is 37.5 Å². The van der Waals surface area contributed by atoms with Crippen molar-refractivity contribution in [2.24, 2.45) is 0 Å². The number of amides is 3. The topological polar surface area (TPSA) is 69.7 Å². The molecule has 1 unspecified atom stereocenters. The molecule has 6 nitrogen and oxygen atoms in total. The van der Waals surface area contributed by atoms with E-state index in [0.29, 0.717) is 25.1 Å². The highest BCUT2D eigenvalue weighted by molar-refractivity contribution is 6.25. The van der Waals surface area contributed by atoms with Crippen molar-refractivity contribution in [3.8, 4) is 0 Å². The predicted octanol–water partition coefficient (Wildman–Crippen LogP) is 3.74. The second kappa shape index (κ2) is 9.22. The minimum atomic E-state index is -0.584. The number of hydrogen-bond donors (Lipinski definition) is 1. The zero-order chi connectivity index (χ0) is 22.7. The molecule has 4 rings (SSSR count). The fourth-order valence-electron chi connectivity index (χ4n) is 4.30. The summed E-state index contributed by atoms with van der Waals surface area (Å²) >= 11 is 0. The van der Waals surface area contributed by atoms with Crippen molar-refractivity contribution in [3.63, 3.8) is 0 Å². The van der Waals surface area contributed by atoms with E-state index in [-0.39, 0.29) is 24.1 Å². The van der Waals surface area contributed by atoms with Gasteiger partial charge in [0.15, 0.2) is 0 Å². The molecule has 6 heteroatoms. The van der Waals surface area contributed by atoms with Crippen LogP contribution in [0.4, 0.5) is 5.69 Å². The number of carbonyl (C=O) groups excluding carboxylic acids is 3. The number of hydrogen-bond acceptors (Lipinski definition) is 3. The van der Waals surface area contributed by atoms with Gasteiger partial charge in [-0.3, -0.25) is 14.4 Å². The first kappa shape index (κ1) is 21.6. The van der Waals surface area contributed by atoms with E-state index in [4.69, 9.17) is 0 Å². The quantitative estimate of drug-likeness (QED) is 0.593. The van der Waals surface area contributed by atoms with Gasteiger partial charge >= 0.3 is 0 Å². The molecule has 0 aromatic heterocycles. The predicted molar refractivity (Wildman–Crippen MR) is 125 cm³/mol. The second-order valence-electron chi connectivity index (χ2n) is 8.04. The number of nitrogens with one attached hydrogen (secondary N) is 1. The Bertz CT molecular complexity index is 1150. The van der Waals surface area contributed by atoms with E-state index in [1.807, 2.05) is 66.7 Å². The number of anilines is 1. The Hall–Kier alpha value is -3.67. The summed E-state index contributed by atoms with van der Waals surface area (Å²) in [7, 11) is 1.57. The van der Waals surface area contributed by atoms with Crippen LogP contribution in [-0.4, -0.2) is 42.3 Å². The summed E-state index contributed by atoms with van der Waals surface area (Å²) in [5.74, 6) is -0.331. The highest BCUT2D eigenvalue weighted by Gasteiger charge is 2.30. The lowest BCUT2D eigenvalue weighted by atomic mass is 10.1. The summed E-state index contributed by atoms with van der Waals surface area (Å²) in [5.41, 5.74) is 2.58. The number of benzene rings is 3.